The highest BCUT2D eigenvalue weighted by Crippen LogP contribution is 2.38. The van der Waals surface area contributed by atoms with E-state index in [1.165, 1.54) is 0 Å². The molecule has 168 valence electrons. The number of pyridine rings is 2. The van der Waals surface area contributed by atoms with Gasteiger partial charge in [0.15, 0.2) is 5.65 Å². The van der Waals surface area contributed by atoms with Crippen LogP contribution in [0.2, 0.25) is 0 Å². The van der Waals surface area contributed by atoms with Crippen LogP contribution in [-0.4, -0.2) is 16.3 Å². The first-order chi connectivity index (χ1) is 14.7. The summed E-state index contributed by atoms with van der Waals surface area (Å²) in [6.07, 6.45) is -15.3. The summed E-state index contributed by atoms with van der Waals surface area (Å²) in [4.78, 5) is 6.86. The number of hydrogen-bond acceptors (Lipinski definition) is 4. The Bertz CT molecular complexity index is 1180. The van der Waals surface area contributed by atoms with Crippen LogP contribution in [0.5, 0.6) is 5.75 Å². The predicted molar refractivity (Wildman–Crippen MR) is 90.1 cm³/mol. The lowest BCUT2D eigenvalue weighted by Gasteiger charge is -2.15. The number of rotatable bonds is 3. The molecule has 1 aromatic carbocycles. The first-order valence-electron chi connectivity index (χ1n) is 8.40. The minimum absolute atomic E-state index is 0.0805. The van der Waals surface area contributed by atoms with Crippen LogP contribution < -0.4 is 4.74 Å². The highest BCUT2D eigenvalue weighted by atomic mass is 19.4. The molecule has 1 atom stereocenters. The summed E-state index contributed by atoms with van der Waals surface area (Å²) in [7, 11) is 0. The van der Waals surface area contributed by atoms with Crippen LogP contribution in [0.15, 0.2) is 42.5 Å². The molecule has 3 aromatic rings. The van der Waals surface area contributed by atoms with Gasteiger partial charge in [-0.1, -0.05) is 12.1 Å². The van der Waals surface area contributed by atoms with Gasteiger partial charge in [0.1, 0.15) is 17.4 Å². The third-order valence-corrected chi connectivity index (χ3v) is 4.16. The molecule has 2 heterocycles. The lowest BCUT2D eigenvalue weighted by atomic mass is 9.96. The van der Waals surface area contributed by atoms with Crippen molar-refractivity contribution in [2.24, 2.45) is 0 Å². The van der Waals surface area contributed by atoms with Gasteiger partial charge in [-0.05, 0) is 35.9 Å². The van der Waals surface area contributed by atoms with Gasteiger partial charge < -0.3 is 4.74 Å². The second kappa shape index (κ2) is 7.85. The van der Waals surface area contributed by atoms with E-state index in [4.69, 9.17) is 0 Å². The van der Waals surface area contributed by atoms with Gasteiger partial charge in [0.05, 0.1) is 17.3 Å². The maximum Gasteiger partial charge on any atom is 0.573 e. The van der Waals surface area contributed by atoms with Crippen molar-refractivity contribution in [2.75, 3.05) is 0 Å². The maximum atomic E-state index is 13.3. The Morgan fingerprint density at radius 3 is 1.94 bits per heavy atom. The van der Waals surface area contributed by atoms with Crippen LogP contribution in [0.4, 0.5) is 39.5 Å². The molecule has 0 aliphatic rings. The van der Waals surface area contributed by atoms with E-state index in [0.717, 1.165) is 36.4 Å². The van der Waals surface area contributed by atoms with Gasteiger partial charge in [-0.3, -0.25) is 0 Å². The van der Waals surface area contributed by atoms with E-state index in [-0.39, 0.29) is 17.3 Å². The van der Waals surface area contributed by atoms with Crippen LogP contribution in [-0.2, 0) is 12.4 Å². The summed E-state index contributed by atoms with van der Waals surface area (Å²) in [6.45, 7) is 0. The highest BCUT2D eigenvalue weighted by Gasteiger charge is 2.39. The number of benzene rings is 1. The predicted octanol–water partition coefficient (Wildman–Crippen LogP) is 6.22. The van der Waals surface area contributed by atoms with Crippen LogP contribution in [0.25, 0.3) is 11.0 Å². The van der Waals surface area contributed by atoms with Crippen LogP contribution in [0, 0.1) is 11.3 Å². The number of hydrogen-bond donors (Lipinski definition) is 0. The molecule has 0 unspecified atom stereocenters. The fourth-order valence-corrected chi connectivity index (χ4v) is 2.83. The molecule has 0 radical (unpaired) electrons. The molecule has 0 bridgehead atoms. The van der Waals surface area contributed by atoms with Crippen LogP contribution in [0.1, 0.15) is 28.4 Å². The first kappa shape index (κ1) is 23.1. The number of halogens is 9. The van der Waals surface area contributed by atoms with Crippen molar-refractivity contribution in [2.45, 2.75) is 24.6 Å². The molecule has 3 rings (SSSR count). The molecule has 0 saturated carbocycles. The van der Waals surface area contributed by atoms with E-state index in [1.54, 1.807) is 6.07 Å². The largest absolute Gasteiger partial charge is 0.573 e. The van der Waals surface area contributed by atoms with Gasteiger partial charge in [-0.2, -0.15) is 31.6 Å². The molecule has 0 aliphatic carbocycles. The van der Waals surface area contributed by atoms with Gasteiger partial charge in [0.2, 0.25) is 0 Å². The number of fused-ring (bicyclic) bond motifs is 1. The smallest absolute Gasteiger partial charge is 0.406 e. The monoisotopic (exact) mass is 465 g/mol. The van der Waals surface area contributed by atoms with Crippen molar-refractivity contribution in [1.29, 1.82) is 5.26 Å². The molecule has 0 amide bonds. The fourth-order valence-electron chi connectivity index (χ4n) is 2.83. The average molecular weight is 465 g/mol. The van der Waals surface area contributed by atoms with Crippen molar-refractivity contribution in [3.05, 3.63) is 65.0 Å². The van der Waals surface area contributed by atoms with Crippen molar-refractivity contribution >= 4 is 11.0 Å². The van der Waals surface area contributed by atoms with Gasteiger partial charge in [0, 0.05) is 5.39 Å². The maximum absolute atomic E-state index is 13.3. The average Bonchev–Trinajstić information content (AvgIpc) is 2.66. The third kappa shape index (κ3) is 5.01. The summed E-state index contributed by atoms with van der Waals surface area (Å²) in [5.74, 6) is -1.90. The van der Waals surface area contributed by atoms with Crippen molar-refractivity contribution in [3.63, 3.8) is 0 Å². The zero-order valence-electron chi connectivity index (χ0n) is 15.3. The van der Waals surface area contributed by atoms with Gasteiger partial charge in [0.25, 0.3) is 0 Å². The zero-order valence-corrected chi connectivity index (χ0v) is 15.3. The molecule has 13 heteroatoms. The van der Waals surface area contributed by atoms with Crippen molar-refractivity contribution < 1.29 is 44.3 Å². The normalized spacial score (nSPS) is 13.6. The molecule has 2 aromatic heterocycles. The Morgan fingerprint density at radius 2 is 1.44 bits per heavy atom. The van der Waals surface area contributed by atoms with Crippen LogP contribution >= 0.6 is 0 Å². The number of nitrogens with zero attached hydrogens (tertiary/aromatic N) is 3. The Labute approximate surface area is 172 Å². The molecule has 0 aliphatic heterocycles. The topological polar surface area (TPSA) is 58.8 Å². The lowest BCUT2D eigenvalue weighted by Crippen LogP contribution is -2.17. The number of ether oxygens (including phenoxy) is 1. The van der Waals surface area contributed by atoms with E-state index in [1.807, 2.05) is 0 Å². The summed E-state index contributed by atoms with van der Waals surface area (Å²) in [5, 5.41) is 8.74. The molecule has 0 saturated heterocycles. The standard InChI is InChI=1S/C19H8F9N3O/c20-17(21,22)13-7-15(18(23,24)25)31-16-11(13)5-6-14(30-16)12(8-29)9-1-3-10(4-2-9)32-19(26,27)28/h1-7,12H/t12-/m0/s1. The number of aromatic nitrogens is 2. The molecular formula is C19H8F9N3O. The van der Waals surface area contributed by atoms with E-state index in [9.17, 15) is 44.8 Å². The summed E-state index contributed by atoms with van der Waals surface area (Å²) in [5.41, 5.74) is -4.47. The second-order valence-corrected chi connectivity index (χ2v) is 6.34. The van der Waals surface area contributed by atoms with Crippen molar-refractivity contribution in [3.8, 4) is 11.8 Å². The lowest BCUT2D eigenvalue weighted by molar-refractivity contribution is -0.274. The summed E-state index contributed by atoms with van der Waals surface area (Å²) in [6, 6.07) is 7.43. The highest BCUT2D eigenvalue weighted by molar-refractivity contribution is 5.80. The van der Waals surface area contributed by atoms with E-state index in [0.29, 0.717) is 0 Å². The Kier molecular flexibility index (Phi) is 5.67. The minimum atomic E-state index is -5.19. The van der Waals surface area contributed by atoms with Gasteiger partial charge >= 0.3 is 18.7 Å². The Morgan fingerprint density at radius 1 is 0.812 bits per heavy atom. The SMILES string of the molecule is N#C[C@@H](c1ccc(OC(F)(F)F)cc1)c1ccc2c(C(F)(F)F)cc(C(F)(F)F)nc2n1. The number of alkyl halides is 9. The van der Waals surface area contributed by atoms with E-state index < -0.39 is 52.7 Å². The fraction of sp³-hybridized carbons (Fsp3) is 0.211. The Hall–Kier alpha value is -3.56. The Balaban J connectivity index is 2.09. The van der Waals surface area contributed by atoms with Gasteiger partial charge in [-0.25, -0.2) is 9.97 Å². The first-order valence-corrected chi connectivity index (χ1v) is 8.40. The minimum Gasteiger partial charge on any atom is -0.406 e. The quantitative estimate of drug-likeness (QED) is 0.431. The molecule has 0 N–H and O–H groups in total. The van der Waals surface area contributed by atoms with Crippen molar-refractivity contribution in [1.82, 2.24) is 9.97 Å². The van der Waals surface area contributed by atoms with E-state index in [2.05, 4.69) is 14.7 Å². The second-order valence-electron chi connectivity index (χ2n) is 6.34. The summed E-state index contributed by atoms with van der Waals surface area (Å²) < 4.78 is 119. The summed E-state index contributed by atoms with van der Waals surface area (Å²) >= 11 is 0. The van der Waals surface area contributed by atoms with Crippen LogP contribution in [0.3, 0.4) is 0 Å². The molecule has 4 nitrogen and oxygen atoms in total. The molecule has 32 heavy (non-hydrogen) atoms. The van der Waals surface area contributed by atoms with E-state index >= 15 is 0 Å². The molecule has 0 spiro atoms. The molecular weight excluding hydrogens is 457 g/mol. The van der Waals surface area contributed by atoms with Gasteiger partial charge in [-0.15, -0.1) is 13.2 Å². The zero-order chi connectivity index (χ0) is 23.9. The number of nitriles is 1. The third-order valence-electron chi connectivity index (χ3n) is 4.16. The molecule has 0 fully saturated rings.